The van der Waals surface area contributed by atoms with E-state index in [9.17, 15) is 9.90 Å². The Morgan fingerprint density at radius 3 is 2.64 bits per heavy atom. The van der Waals surface area contributed by atoms with Gasteiger partial charge in [-0.05, 0) is 42.0 Å². The Balaban J connectivity index is 2.04. The summed E-state index contributed by atoms with van der Waals surface area (Å²) in [7, 11) is 1.61. The first-order valence-corrected chi connectivity index (χ1v) is 7.74. The van der Waals surface area contributed by atoms with E-state index in [4.69, 9.17) is 4.74 Å². The van der Waals surface area contributed by atoms with E-state index < -0.39 is 11.2 Å². The molecule has 0 radical (unpaired) electrons. The molecule has 0 saturated heterocycles. The van der Waals surface area contributed by atoms with Gasteiger partial charge in [0, 0.05) is 17.0 Å². The molecule has 1 aliphatic heterocycles. The summed E-state index contributed by atoms with van der Waals surface area (Å²) < 4.78 is 5.15. The van der Waals surface area contributed by atoms with Crippen molar-refractivity contribution in [3.63, 3.8) is 0 Å². The number of carboxylic acids is 1. The number of methoxy groups -OCH3 is 1. The predicted octanol–water partition coefficient (Wildman–Crippen LogP) is 2.43. The largest absolute Gasteiger partial charge is 0.549 e. The van der Waals surface area contributed by atoms with Gasteiger partial charge >= 0.3 is 0 Å². The van der Waals surface area contributed by atoms with E-state index in [2.05, 4.69) is 4.99 Å². The second kappa shape index (κ2) is 6.23. The third-order valence-electron chi connectivity index (χ3n) is 3.45. The molecule has 1 aliphatic rings. The number of carbonyl (C=O) groups excluding carboxylic acids is 1. The van der Waals surface area contributed by atoms with Crippen LogP contribution in [-0.2, 0) is 4.79 Å². The molecule has 1 heterocycles. The zero-order valence-corrected chi connectivity index (χ0v) is 12.8. The average Bonchev–Trinajstić information content (AvgIpc) is 2.74. The Morgan fingerprint density at radius 2 is 1.95 bits per heavy atom. The Hall–Kier alpha value is -2.27. The number of hydrogen-bond donors (Lipinski definition) is 0. The molecule has 0 N–H and O–H groups in total. The Labute approximate surface area is 132 Å². The van der Waals surface area contributed by atoms with E-state index in [1.165, 1.54) is 11.8 Å². The number of nitrogens with zero attached hydrogens (tertiary/aromatic N) is 1. The fraction of sp³-hybridized carbons (Fsp3) is 0.176. The van der Waals surface area contributed by atoms with Crippen molar-refractivity contribution in [2.24, 2.45) is 4.99 Å². The summed E-state index contributed by atoms with van der Waals surface area (Å²) >= 11 is 1.29. The van der Waals surface area contributed by atoms with Crippen molar-refractivity contribution in [1.29, 1.82) is 0 Å². The standard InChI is InChI=1S/C17H15NO3S/c1-21-12-8-6-11(7-9-12)14-10-16(17(19)20)22-15-5-3-2-4-13(15)18-14/h2-9,16H,10H2,1H3,(H,19,20)/p-1. The van der Waals surface area contributed by atoms with Crippen LogP contribution in [0.25, 0.3) is 0 Å². The SMILES string of the molecule is COc1ccc(C2=Nc3ccccc3SC(C(=O)[O-])C2)cc1. The Morgan fingerprint density at radius 1 is 1.23 bits per heavy atom. The van der Waals surface area contributed by atoms with Crippen LogP contribution in [-0.4, -0.2) is 24.0 Å². The minimum Gasteiger partial charge on any atom is -0.549 e. The van der Waals surface area contributed by atoms with Crippen LogP contribution in [0.3, 0.4) is 0 Å². The lowest BCUT2D eigenvalue weighted by Gasteiger charge is -2.16. The van der Waals surface area contributed by atoms with Gasteiger partial charge in [-0.15, -0.1) is 11.8 Å². The molecule has 0 fully saturated rings. The van der Waals surface area contributed by atoms with Crippen molar-refractivity contribution < 1.29 is 14.6 Å². The molecule has 0 saturated carbocycles. The zero-order valence-electron chi connectivity index (χ0n) is 12.0. The zero-order chi connectivity index (χ0) is 15.5. The van der Waals surface area contributed by atoms with Gasteiger partial charge in [-0.2, -0.15) is 0 Å². The van der Waals surface area contributed by atoms with Crippen molar-refractivity contribution in [3.05, 3.63) is 54.1 Å². The van der Waals surface area contributed by atoms with Crippen LogP contribution in [0.15, 0.2) is 58.4 Å². The van der Waals surface area contributed by atoms with Crippen LogP contribution in [0, 0.1) is 0 Å². The molecule has 4 nitrogen and oxygen atoms in total. The second-order valence-electron chi connectivity index (χ2n) is 4.88. The highest BCUT2D eigenvalue weighted by atomic mass is 32.2. The summed E-state index contributed by atoms with van der Waals surface area (Å²) in [6.45, 7) is 0. The number of ether oxygens (including phenoxy) is 1. The Kier molecular flexibility index (Phi) is 4.15. The van der Waals surface area contributed by atoms with Gasteiger partial charge in [-0.1, -0.05) is 12.1 Å². The van der Waals surface area contributed by atoms with Gasteiger partial charge in [0.1, 0.15) is 5.75 Å². The molecule has 0 aromatic heterocycles. The summed E-state index contributed by atoms with van der Waals surface area (Å²) in [5.41, 5.74) is 2.43. The smallest absolute Gasteiger partial charge is 0.118 e. The Bertz CT molecular complexity index is 725. The van der Waals surface area contributed by atoms with Crippen molar-refractivity contribution in [3.8, 4) is 5.75 Å². The van der Waals surface area contributed by atoms with E-state index in [-0.39, 0.29) is 0 Å². The number of fused-ring (bicyclic) bond motifs is 1. The highest BCUT2D eigenvalue weighted by Crippen LogP contribution is 2.37. The summed E-state index contributed by atoms with van der Waals surface area (Å²) in [5.74, 6) is -0.313. The number of benzene rings is 2. The van der Waals surface area contributed by atoms with Crippen LogP contribution in [0.2, 0.25) is 0 Å². The molecule has 0 spiro atoms. The highest BCUT2D eigenvalue weighted by Gasteiger charge is 2.21. The topological polar surface area (TPSA) is 61.7 Å². The molecule has 2 aromatic rings. The van der Waals surface area contributed by atoms with Gasteiger partial charge in [0.05, 0.1) is 24.0 Å². The van der Waals surface area contributed by atoms with Crippen molar-refractivity contribution in [1.82, 2.24) is 0 Å². The normalized spacial score (nSPS) is 17.1. The lowest BCUT2D eigenvalue weighted by Crippen LogP contribution is -2.34. The minimum atomic E-state index is -1.07. The number of thioether (sulfide) groups is 1. The molecule has 112 valence electrons. The predicted molar refractivity (Wildman–Crippen MR) is 84.9 cm³/mol. The summed E-state index contributed by atoms with van der Waals surface area (Å²) in [6, 6.07) is 15.0. The molecule has 0 bridgehead atoms. The third-order valence-corrected chi connectivity index (χ3v) is 4.70. The van der Waals surface area contributed by atoms with Crippen molar-refractivity contribution in [2.45, 2.75) is 16.6 Å². The van der Waals surface area contributed by atoms with E-state index >= 15 is 0 Å². The van der Waals surface area contributed by atoms with Crippen LogP contribution < -0.4 is 9.84 Å². The maximum absolute atomic E-state index is 11.4. The van der Waals surface area contributed by atoms with Crippen molar-refractivity contribution in [2.75, 3.05) is 7.11 Å². The molecule has 5 heteroatoms. The van der Waals surface area contributed by atoms with Crippen molar-refractivity contribution >= 4 is 29.1 Å². The molecule has 22 heavy (non-hydrogen) atoms. The molecule has 0 amide bonds. The first-order chi connectivity index (χ1) is 10.7. The molecular weight excluding hydrogens is 298 g/mol. The van der Waals surface area contributed by atoms with Gasteiger partial charge in [0.2, 0.25) is 0 Å². The number of aliphatic carboxylic acids is 1. The molecular formula is C17H14NO3S-. The van der Waals surface area contributed by atoms with Gasteiger partial charge in [-0.3, -0.25) is 4.99 Å². The summed E-state index contributed by atoms with van der Waals surface area (Å²) in [4.78, 5) is 16.9. The summed E-state index contributed by atoms with van der Waals surface area (Å²) in [5, 5.41) is 10.7. The number of carbonyl (C=O) groups is 1. The third kappa shape index (κ3) is 2.99. The van der Waals surface area contributed by atoms with Gasteiger partial charge < -0.3 is 14.6 Å². The first kappa shape index (κ1) is 14.7. The van der Waals surface area contributed by atoms with Crippen LogP contribution in [0.4, 0.5) is 5.69 Å². The lowest BCUT2D eigenvalue weighted by atomic mass is 10.0. The number of hydrogen-bond acceptors (Lipinski definition) is 5. The maximum Gasteiger partial charge on any atom is 0.118 e. The molecule has 1 unspecified atom stereocenters. The number of carboxylic acid groups (broad SMARTS) is 1. The molecule has 3 rings (SSSR count). The first-order valence-electron chi connectivity index (χ1n) is 6.86. The lowest BCUT2D eigenvalue weighted by molar-refractivity contribution is -0.304. The van der Waals surface area contributed by atoms with Gasteiger partial charge in [0.15, 0.2) is 0 Å². The fourth-order valence-electron chi connectivity index (χ4n) is 2.31. The fourth-order valence-corrected chi connectivity index (χ4v) is 3.34. The minimum absolute atomic E-state index is 0.327. The molecule has 2 aromatic carbocycles. The van der Waals surface area contributed by atoms with E-state index in [0.717, 1.165) is 27.6 Å². The number of aliphatic imine (C=N–C) groups is 1. The molecule has 0 aliphatic carbocycles. The maximum atomic E-state index is 11.4. The molecule has 1 atom stereocenters. The quantitative estimate of drug-likeness (QED) is 0.873. The van der Waals surface area contributed by atoms with Crippen LogP contribution in [0.1, 0.15) is 12.0 Å². The second-order valence-corrected chi connectivity index (χ2v) is 6.13. The number of para-hydroxylation sites is 1. The van der Waals surface area contributed by atoms with Gasteiger partial charge in [-0.25, -0.2) is 0 Å². The highest BCUT2D eigenvalue weighted by molar-refractivity contribution is 8.00. The summed E-state index contributed by atoms with van der Waals surface area (Å²) in [6.07, 6.45) is 0.327. The monoisotopic (exact) mass is 312 g/mol. The average molecular weight is 312 g/mol. The van der Waals surface area contributed by atoms with Crippen LogP contribution in [0.5, 0.6) is 5.75 Å². The van der Waals surface area contributed by atoms with Gasteiger partial charge in [0.25, 0.3) is 0 Å². The van der Waals surface area contributed by atoms with E-state index in [1.807, 2.05) is 48.5 Å². The number of rotatable bonds is 3. The van der Waals surface area contributed by atoms with E-state index in [1.54, 1.807) is 7.11 Å². The van der Waals surface area contributed by atoms with E-state index in [0.29, 0.717) is 6.42 Å². The van der Waals surface area contributed by atoms with Crippen LogP contribution >= 0.6 is 11.8 Å².